The van der Waals surface area contributed by atoms with Crippen LogP contribution in [0, 0.1) is 0 Å². The SMILES string of the molecule is Cn1ncnc1COc1cccc2ccccc12. The fourth-order valence-corrected chi connectivity index (χ4v) is 1.91. The first-order valence-electron chi connectivity index (χ1n) is 5.78. The number of benzene rings is 2. The molecule has 4 heteroatoms. The van der Waals surface area contributed by atoms with Crippen molar-refractivity contribution in [1.82, 2.24) is 14.8 Å². The maximum Gasteiger partial charge on any atom is 0.164 e. The average molecular weight is 239 g/mol. The number of aromatic nitrogens is 3. The van der Waals surface area contributed by atoms with Crippen LogP contribution in [0.3, 0.4) is 0 Å². The Bertz CT molecular complexity index is 670. The summed E-state index contributed by atoms with van der Waals surface area (Å²) in [6, 6.07) is 14.2. The fraction of sp³-hybridized carbons (Fsp3) is 0.143. The van der Waals surface area contributed by atoms with E-state index in [1.165, 1.54) is 11.7 Å². The van der Waals surface area contributed by atoms with Gasteiger partial charge in [-0.1, -0.05) is 36.4 Å². The minimum atomic E-state index is 0.421. The molecule has 0 aliphatic heterocycles. The molecule has 0 aliphatic rings. The zero-order valence-corrected chi connectivity index (χ0v) is 10.1. The zero-order chi connectivity index (χ0) is 12.4. The van der Waals surface area contributed by atoms with Gasteiger partial charge < -0.3 is 4.74 Å². The summed E-state index contributed by atoms with van der Waals surface area (Å²) >= 11 is 0. The Balaban J connectivity index is 1.89. The molecule has 0 unspecified atom stereocenters. The first kappa shape index (κ1) is 10.8. The van der Waals surface area contributed by atoms with Gasteiger partial charge in [0.2, 0.25) is 0 Å². The molecule has 3 aromatic rings. The van der Waals surface area contributed by atoms with Gasteiger partial charge in [0.25, 0.3) is 0 Å². The molecule has 0 radical (unpaired) electrons. The lowest BCUT2D eigenvalue weighted by Gasteiger charge is -2.08. The van der Waals surface area contributed by atoms with E-state index in [0.29, 0.717) is 6.61 Å². The summed E-state index contributed by atoms with van der Waals surface area (Å²) < 4.78 is 7.53. The maximum absolute atomic E-state index is 5.82. The molecular weight excluding hydrogens is 226 g/mol. The smallest absolute Gasteiger partial charge is 0.164 e. The van der Waals surface area contributed by atoms with Gasteiger partial charge in [0.05, 0.1) is 0 Å². The molecule has 3 rings (SSSR count). The summed E-state index contributed by atoms with van der Waals surface area (Å²) in [5.74, 6) is 1.68. The average Bonchev–Trinajstić information content (AvgIpc) is 2.82. The number of aryl methyl sites for hydroxylation is 1. The molecule has 0 amide bonds. The van der Waals surface area contributed by atoms with Gasteiger partial charge in [-0.2, -0.15) is 5.10 Å². The highest BCUT2D eigenvalue weighted by Crippen LogP contribution is 2.25. The van der Waals surface area contributed by atoms with Gasteiger partial charge in [-0.15, -0.1) is 0 Å². The molecule has 0 saturated carbocycles. The summed E-state index contributed by atoms with van der Waals surface area (Å²) in [5.41, 5.74) is 0. The summed E-state index contributed by atoms with van der Waals surface area (Å²) in [6.07, 6.45) is 1.53. The van der Waals surface area contributed by atoms with E-state index >= 15 is 0 Å². The number of fused-ring (bicyclic) bond motifs is 1. The summed E-state index contributed by atoms with van der Waals surface area (Å²) in [6.45, 7) is 0.421. The molecule has 0 fully saturated rings. The normalized spacial score (nSPS) is 10.7. The minimum absolute atomic E-state index is 0.421. The van der Waals surface area contributed by atoms with Gasteiger partial charge in [-0.05, 0) is 11.5 Å². The van der Waals surface area contributed by atoms with Crippen molar-refractivity contribution in [2.24, 2.45) is 7.05 Å². The van der Waals surface area contributed by atoms with Crippen molar-refractivity contribution < 1.29 is 4.74 Å². The van der Waals surface area contributed by atoms with Crippen LogP contribution >= 0.6 is 0 Å². The van der Waals surface area contributed by atoms with Crippen LogP contribution in [0.25, 0.3) is 10.8 Å². The molecular formula is C14H13N3O. The molecule has 18 heavy (non-hydrogen) atoms. The van der Waals surface area contributed by atoms with Crippen molar-refractivity contribution >= 4 is 10.8 Å². The molecule has 2 aromatic carbocycles. The van der Waals surface area contributed by atoms with Gasteiger partial charge in [0, 0.05) is 12.4 Å². The number of ether oxygens (including phenoxy) is 1. The third-order valence-corrected chi connectivity index (χ3v) is 2.91. The Morgan fingerprint density at radius 3 is 2.78 bits per heavy atom. The Morgan fingerprint density at radius 1 is 1.11 bits per heavy atom. The monoisotopic (exact) mass is 239 g/mol. The van der Waals surface area contributed by atoms with Crippen LogP contribution in [0.4, 0.5) is 0 Å². The number of hydrogen-bond acceptors (Lipinski definition) is 3. The third-order valence-electron chi connectivity index (χ3n) is 2.91. The summed E-state index contributed by atoms with van der Waals surface area (Å²) in [4.78, 5) is 4.14. The molecule has 0 atom stereocenters. The molecule has 0 bridgehead atoms. The lowest BCUT2D eigenvalue weighted by Crippen LogP contribution is -2.04. The number of rotatable bonds is 3. The highest BCUT2D eigenvalue weighted by molar-refractivity contribution is 5.88. The second-order valence-electron chi connectivity index (χ2n) is 4.07. The predicted octanol–water partition coefficient (Wildman–Crippen LogP) is 2.55. The summed E-state index contributed by atoms with van der Waals surface area (Å²) in [7, 11) is 1.86. The van der Waals surface area contributed by atoms with E-state index in [1.807, 2.05) is 31.3 Å². The second kappa shape index (κ2) is 4.49. The zero-order valence-electron chi connectivity index (χ0n) is 10.1. The molecule has 0 N–H and O–H groups in total. The lowest BCUT2D eigenvalue weighted by atomic mass is 10.1. The fourth-order valence-electron chi connectivity index (χ4n) is 1.91. The second-order valence-corrected chi connectivity index (χ2v) is 4.07. The largest absolute Gasteiger partial charge is 0.485 e. The number of hydrogen-bond donors (Lipinski definition) is 0. The third kappa shape index (κ3) is 1.93. The standard InChI is InChI=1S/C14H13N3O/c1-17-14(15-10-16-17)9-18-13-8-4-6-11-5-2-3-7-12(11)13/h2-8,10H,9H2,1H3. The molecule has 0 spiro atoms. The highest BCUT2D eigenvalue weighted by Gasteiger charge is 2.04. The van der Waals surface area contributed by atoms with Crippen molar-refractivity contribution in [2.75, 3.05) is 0 Å². The van der Waals surface area contributed by atoms with Crippen LogP contribution < -0.4 is 4.74 Å². The highest BCUT2D eigenvalue weighted by atomic mass is 16.5. The molecule has 1 heterocycles. The van der Waals surface area contributed by atoms with E-state index in [-0.39, 0.29) is 0 Å². The summed E-state index contributed by atoms with van der Waals surface area (Å²) in [5, 5.41) is 6.30. The quantitative estimate of drug-likeness (QED) is 0.705. The van der Waals surface area contributed by atoms with Crippen LogP contribution in [0.15, 0.2) is 48.8 Å². The first-order chi connectivity index (χ1) is 8.84. The molecule has 1 aromatic heterocycles. The minimum Gasteiger partial charge on any atom is -0.485 e. The molecule has 0 saturated heterocycles. The lowest BCUT2D eigenvalue weighted by molar-refractivity contribution is 0.293. The Kier molecular flexibility index (Phi) is 2.68. The van der Waals surface area contributed by atoms with Gasteiger partial charge in [0.1, 0.15) is 18.7 Å². The van der Waals surface area contributed by atoms with Crippen LogP contribution in [-0.4, -0.2) is 14.8 Å². The van der Waals surface area contributed by atoms with Crippen LogP contribution in [0.1, 0.15) is 5.82 Å². The van der Waals surface area contributed by atoms with E-state index < -0.39 is 0 Å². The van der Waals surface area contributed by atoms with Crippen molar-refractivity contribution in [3.8, 4) is 5.75 Å². The Morgan fingerprint density at radius 2 is 1.94 bits per heavy atom. The van der Waals surface area contributed by atoms with Gasteiger partial charge in [-0.25, -0.2) is 4.98 Å². The van der Waals surface area contributed by atoms with Crippen molar-refractivity contribution in [1.29, 1.82) is 0 Å². The van der Waals surface area contributed by atoms with E-state index in [2.05, 4.69) is 28.3 Å². The molecule has 90 valence electrons. The van der Waals surface area contributed by atoms with E-state index in [0.717, 1.165) is 17.0 Å². The Labute approximate surface area is 105 Å². The van der Waals surface area contributed by atoms with Gasteiger partial charge in [-0.3, -0.25) is 4.68 Å². The van der Waals surface area contributed by atoms with Gasteiger partial charge >= 0.3 is 0 Å². The van der Waals surface area contributed by atoms with Gasteiger partial charge in [0.15, 0.2) is 5.82 Å². The van der Waals surface area contributed by atoms with Crippen molar-refractivity contribution in [3.05, 3.63) is 54.6 Å². The topological polar surface area (TPSA) is 39.9 Å². The van der Waals surface area contributed by atoms with Crippen molar-refractivity contribution in [3.63, 3.8) is 0 Å². The number of nitrogens with zero attached hydrogens (tertiary/aromatic N) is 3. The van der Waals surface area contributed by atoms with Crippen LogP contribution in [0.5, 0.6) is 5.75 Å². The van der Waals surface area contributed by atoms with Crippen LogP contribution in [-0.2, 0) is 13.7 Å². The van der Waals surface area contributed by atoms with Crippen LogP contribution in [0.2, 0.25) is 0 Å². The maximum atomic E-state index is 5.82. The van der Waals surface area contributed by atoms with Crippen molar-refractivity contribution in [2.45, 2.75) is 6.61 Å². The van der Waals surface area contributed by atoms with E-state index in [1.54, 1.807) is 4.68 Å². The van der Waals surface area contributed by atoms with E-state index in [4.69, 9.17) is 4.74 Å². The molecule has 4 nitrogen and oxygen atoms in total. The molecule has 0 aliphatic carbocycles. The van der Waals surface area contributed by atoms with E-state index in [9.17, 15) is 0 Å². The Hall–Kier alpha value is -2.36. The first-order valence-corrected chi connectivity index (χ1v) is 5.78. The predicted molar refractivity (Wildman–Crippen MR) is 69.3 cm³/mol.